The van der Waals surface area contributed by atoms with Crippen molar-refractivity contribution < 1.29 is 13.9 Å². The van der Waals surface area contributed by atoms with Crippen molar-refractivity contribution in [2.75, 3.05) is 13.7 Å². The minimum absolute atomic E-state index is 0.0927. The van der Waals surface area contributed by atoms with E-state index in [1.54, 1.807) is 12.1 Å². The SMILES string of the molecule is COc1ccc(C(C)NCC2CCC(=O)N2)c(F)c1. The van der Waals surface area contributed by atoms with Gasteiger partial charge in [-0.05, 0) is 19.4 Å². The molecule has 104 valence electrons. The standard InChI is InChI=1S/C14H19FN2O2/c1-9(16-8-10-3-6-14(18)17-10)12-5-4-11(19-2)7-13(12)15/h4-5,7,9-10,16H,3,6,8H2,1-2H3,(H,17,18). The molecule has 1 heterocycles. The van der Waals surface area contributed by atoms with Gasteiger partial charge in [0, 0.05) is 36.7 Å². The first-order chi connectivity index (χ1) is 9.10. The highest BCUT2D eigenvalue weighted by atomic mass is 19.1. The fraction of sp³-hybridized carbons (Fsp3) is 0.500. The summed E-state index contributed by atoms with van der Waals surface area (Å²) in [6.07, 6.45) is 1.42. The van der Waals surface area contributed by atoms with E-state index >= 15 is 0 Å². The van der Waals surface area contributed by atoms with Gasteiger partial charge in [-0.2, -0.15) is 0 Å². The van der Waals surface area contributed by atoms with Crippen molar-refractivity contribution in [3.63, 3.8) is 0 Å². The first-order valence-electron chi connectivity index (χ1n) is 6.46. The Hall–Kier alpha value is -1.62. The minimum atomic E-state index is -0.283. The molecule has 2 N–H and O–H groups in total. The topological polar surface area (TPSA) is 50.4 Å². The van der Waals surface area contributed by atoms with E-state index in [1.165, 1.54) is 13.2 Å². The minimum Gasteiger partial charge on any atom is -0.497 e. The molecule has 4 nitrogen and oxygen atoms in total. The molecule has 1 fully saturated rings. The summed E-state index contributed by atoms with van der Waals surface area (Å²) < 4.78 is 18.8. The van der Waals surface area contributed by atoms with Crippen LogP contribution in [0.4, 0.5) is 4.39 Å². The van der Waals surface area contributed by atoms with Crippen molar-refractivity contribution >= 4 is 5.91 Å². The lowest BCUT2D eigenvalue weighted by Crippen LogP contribution is -2.36. The van der Waals surface area contributed by atoms with E-state index in [-0.39, 0.29) is 23.8 Å². The van der Waals surface area contributed by atoms with Crippen molar-refractivity contribution in [2.45, 2.75) is 31.8 Å². The summed E-state index contributed by atoms with van der Waals surface area (Å²) in [6.45, 7) is 2.56. The van der Waals surface area contributed by atoms with Gasteiger partial charge in [-0.1, -0.05) is 6.07 Å². The van der Waals surface area contributed by atoms with Crippen LogP contribution in [0.3, 0.4) is 0 Å². The number of amides is 1. The van der Waals surface area contributed by atoms with Crippen LogP contribution in [-0.2, 0) is 4.79 Å². The Kier molecular flexibility index (Phi) is 4.37. The maximum Gasteiger partial charge on any atom is 0.220 e. The Morgan fingerprint density at radius 3 is 2.95 bits per heavy atom. The quantitative estimate of drug-likeness (QED) is 0.854. The van der Waals surface area contributed by atoms with Crippen LogP contribution in [0.1, 0.15) is 31.4 Å². The third-order valence-electron chi connectivity index (χ3n) is 3.43. The Morgan fingerprint density at radius 2 is 2.37 bits per heavy atom. The number of benzene rings is 1. The Balaban J connectivity index is 1.92. The highest BCUT2D eigenvalue weighted by molar-refractivity contribution is 5.78. The molecule has 2 unspecified atom stereocenters. The molecule has 1 saturated heterocycles. The summed E-state index contributed by atoms with van der Waals surface area (Å²) >= 11 is 0. The molecule has 1 aromatic rings. The second-order valence-corrected chi connectivity index (χ2v) is 4.82. The lowest BCUT2D eigenvalue weighted by molar-refractivity contribution is -0.119. The van der Waals surface area contributed by atoms with Crippen LogP contribution in [0, 0.1) is 5.82 Å². The van der Waals surface area contributed by atoms with E-state index in [4.69, 9.17) is 4.74 Å². The average Bonchev–Trinajstić information content (AvgIpc) is 2.81. The lowest BCUT2D eigenvalue weighted by Gasteiger charge is -2.18. The molecule has 1 amide bonds. The molecule has 2 atom stereocenters. The largest absolute Gasteiger partial charge is 0.497 e. The first kappa shape index (κ1) is 13.8. The molecule has 1 aliphatic rings. The van der Waals surface area contributed by atoms with Gasteiger partial charge < -0.3 is 15.4 Å². The number of ether oxygens (including phenoxy) is 1. The number of hydrogen-bond donors (Lipinski definition) is 2. The first-order valence-corrected chi connectivity index (χ1v) is 6.46. The smallest absolute Gasteiger partial charge is 0.220 e. The van der Waals surface area contributed by atoms with Gasteiger partial charge in [0.15, 0.2) is 0 Å². The van der Waals surface area contributed by atoms with Crippen LogP contribution >= 0.6 is 0 Å². The van der Waals surface area contributed by atoms with Crippen molar-refractivity contribution in [3.05, 3.63) is 29.6 Å². The number of methoxy groups -OCH3 is 1. The molecule has 0 aromatic heterocycles. The number of carbonyl (C=O) groups is 1. The molecule has 0 aliphatic carbocycles. The second kappa shape index (κ2) is 6.02. The zero-order valence-corrected chi connectivity index (χ0v) is 11.2. The molecule has 0 bridgehead atoms. The van der Waals surface area contributed by atoms with Crippen LogP contribution in [-0.4, -0.2) is 25.6 Å². The van der Waals surface area contributed by atoms with Crippen LogP contribution in [0.15, 0.2) is 18.2 Å². The van der Waals surface area contributed by atoms with E-state index in [1.807, 2.05) is 6.92 Å². The fourth-order valence-corrected chi connectivity index (χ4v) is 2.25. The third-order valence-corrected chi connectivity index (χ3v) is 3.43. The molecule has 5 heteroatoms. The van der Waals surface area contributed by atoms with Crippen LogP contribution in [0.2, 0.25) is 0 Å². The van der Waals surface area contributed by atoms with Crippen LogP contribution in [0.25, 0.3) is 0 Å². The highest BCUT2D eigenvalue weighted by Gasteiger charge is 2.21. The van der Waals surface area contributed by atoms with E-state index in [0.717, 1.165) is 6.42 Å². The number of nitrogens with one attached hydrogen (secondary N) is 2. The van der Waals surface area contributed by atoms with Gasteiger partial charge in [0.05, 0.1) is 7.11 Å². The van der Waals surface area contributed by atoms with E-state index in [9.17, 15) is 9.18 Å². The van der Waals surface area contributed by atoms with Gasteiger partial charge in [0.25, 0.3) is 0 Å². The highest BCUT2D eigenvalue weighted by Crippen LogP contribution is 2.21. The number of rotatable bonds is 5. The predicted octanol–water partition coefficient (Wildman–Crippen LogP) is 1.76. The van der Waals surface area contributed by atoms with Crippen molar-refractivity contribution in [1.29, 1.82) is 0 Å². The number of halogens is 1. The maximum atomic E-state index is 13.9. The van der Waals surface area contributed by atoms with Gasteiger partial charge in [-0.25, -0.2) is 4.39 Å². The Bertz CT molecular complexity index is 465. The zero-order chi connectivity index (χ0) is 13.8. The molecule has 0 radical (unpaired) electrons. The summed E-state index contributed by atoms with van der Waals surface area (Å²) in [5.41, 5.74) is 0.602. The molecule has 0 saturated carbocycles. The molecule has 1 aliphatic heterocycles. The Labute approximate surface area is 112 Å². The summed E-state index contributed by atoms with van der Waals surface area (Å²) in [5.74, 6) is 0.321. The third kappa shape index (κ3) is 3.44. The van der Waals surface area contributed by atoms with E-state index < -0.39 is 0 Å². The average molecular weight is 266 g/mol. The predicted molar refractivity (Wildman–Crippen MR) is 70.5 cm³/mol. The summed E-state index contributed by atoms with van der Waals surface area (Å²) in [4.78, 5) is 11.1. The van der Waals surface area contributed by atoms with Crippen molar-refractivity contribution in [2.24, 2.45) is 0 Å². The normalized spacial score (nSPS) is 20.2. The molecular formula is C14H19FN2O2. The van der Waals surface area contributed by atoms with Gasteiger partial charge in [-0.3, -0.25) is 4.79 Å². The molecule has 0 spiro atoms. The maximum absolute atomic E-state index is 13.9. The summed E-state index contributed by atoms with van der Waals surface area (Å²) in [5, 5.41) is 6.12. The van der Waals surface area contributed by atoms with Gasteiger partial charge in [0.2, 0.25) is 5.91 Å². The number of hydrogen-bond acceptors (Lipinski definition) is 3. The Morgan fingerprint density at radius 1 is 1.58 bits per heavy atom. The fourth-order valence-electron chi connectivity index (χ4n) is 2.25. The van der Waals surface area contributed by atoms with Crippen molar-refractivity contribution in [1.82, 2.24) is 10.6 Å². The number of carbonyl (C=O) groups excluding carboxylic acids is 1. The summed E-state index contributed by atoms with van der Waals surface area (Å²) in [7, 11) is 1.51. The van der Waals surface area contributed by atoms with Gasteiger partial charge in [0.1, 0.15) is 11.6 Å². The van der Waals surface area contributed by atoms with Crippen LogP contribution in [0.5, 0.6) is 5.75 Å². The zero-order valence-electron chi connectivity index (χ0n) is 11.2. The molecular weight excluding hydrogens is 247 g/mol. The molecule has 19 heavy (non-hydrogen) atoms. The molecule has 1 aromatic carbocycles. The van der Waals surface area contributed by atoms with E-state index in [0.29, 0.717) is 24.3 Å². The van der Waals surface area contributed by atoms with Crippen LogP contribution < -0.4 is 15.4 Å². The van der Waals surface area contributed by atoms with Crippen molar-refractivity contribution in [3.8, 4) is 5.75 Å². The monoisotopic (exact) mass is 266 g/mol. The second-order valence-electron chi connectivity index (χ2n) is 4.82. The van der Waals surface area contributed by atoms with Gasteiger partial charge >= 0.3 is 0 Å². The van der Waals surface area contributed by atoms with E-state index in [2.05, 4.69) is 10.6 Å². The summed E-state index contributed by atoms with van der Waals surface area (Å²) in [6, 6.07) is 4.89. The van der Waals surface area contributed by atoms with Gasteiger partial charge in [-0.15, -0.1) is 0 Å². The lowest BCUT2D eigenvalue weighted by atomic mass is 10.1. The molecule has 2 rings (SSSR count).